The van der Waals surface area contributed by atoms with Crippen LogP contribution in [0.4, 0.5) is 0 Å². The Labute approximate surface area is 178 Å². The molecule has 7 nitrogen and oxygen atoms in total. The maximum absolute atomic E-state index is 13.3. The Morgan fingerprint density at radius 3 is 2.32 bits per heavy atom. The highest BCUT2D eigenvalue weighted by Crippen LogP contribution is 2.40. The molecule has 1 aliphatic heterocycles. The first kappa shape index (κ1) is 19.4. The Hall–Kier alpha value is -3.58. The van der Waals surface area contributed by atoms with Crippen molar-refractivity contribution in [2.75, 3.05) is 6.61 Å². The molecule has 5 rings (SSSR count). The van der Waals surface area contributed by atoms with Crippen molar-refractivity contribution in [1.29, 1.82) is 0 Å². The minimum absolute atomic E-state index is 0.168. The summed E-state index contributed by atoms with van der Waals surface area (Å²) in [4.78, 5) is 26.1. The van der Waals surface area contributed by atoms with Crippen molar-refractivity contribution in [3.63, 3.8) is 0 Å². The summed E-state index contributed by atoms with van der Waals surface area (Å²) in [5, 5.41) is 10.2. The standard InChI is InChI=1S/C24H23N3O4/c1-14-4-6-15(7-5-14)19-18-20(25(2)24(30)26(3)23(18)29)21-22(31-13-12-27(19)21)16-8-10-17(28)11-9-16/h4-11,22,28H,12-13H2,1-3H3. The third kappa shape index (κ3) is 2.84. The lowest BCUT2D eigenvalue weighted by atomic mass is 10.0. The van der Waals surface area contributed by atoms with Crippen LogP contribution in [0.3, 0.4) is 0 Å². The number of aromatic nitrogens is 3. The summed E-state index contributed by atoms with van der Waals surface area (Å²) in [7, 11) is 3.19. The van der Waals surface area contributed by atoms with Gasteiger partial charge in [0, 0.05) is 20.6 Å². The molecule has 4 aromatic rings. The summed E-state index contributed by atoms with van der Waals surface area (Å²) in [6.07, 6.45) is -0.464. The molecule has 2 aromatic carbocycles. The fraction of sp³-hybridized carbons (Fsp3) is 0.250. The van der Waals surface area contributed by atoms with Crippen LogP contribution in [0.5, 0.6) is 5.75 Å². The monoisotopic (exact) mass is 417 g/mol. The number of nitrogens with zero attached hydrogens (tertiary/aromatic N) is 3. The van der Waals surface area contributed by atoms with Gasteiger partial charge < -0.3 is 14.4 Å². The predicted molar refractivity (Wildman–Crippen MR) is 118 cm³/mol. The number of benzene rings is 2. The summed E-state index contributed by atoms with van der Waals surface area (Å²) >= 11 is 0. The van der Waals surface area contributed by atoms with Crippen LogP contribution < -0.4 is 11.2 Å². The number of fused-ring (bicyclic) bond motifs is 3. The van der Waals surface area contributed by atoms with E-state index in [1.165, 1.54) is 11.6 Å². The Bertz CT molecular complexity index is 1420. The van der Waals surface area contributed by atoms with Crippen LogP contribution in [0.15, 0.2) is 58.1 Å². The maximum atomic E-state index is 13.3. The van der Waals surface area contributed by atoms with E-state index in [1.807, 2.05) is 31.2 Å². The van der Waals surface area contributed by atoms with Gasteiger partial charge >= 0.3 is 5.69 Å². The number of aromatic hydroxyl groups is 1. The Kier molecular flexibility index (Phi) is 4.37. The number of hydrogen-bond donors (Lipinski definition) is 1. The van der Waals surface area contributed by atoms with Gasteiger partial charge in [-0.15, -0.1) is 0 Å². The highest BCUT2D eigenvalue weighted by atomic mass is 16.5. The van der Waals surface area contributed by atoms with Crippen molar-refractivity contribution in [2.45, 2.75) is 19.6 Å². The molecule has 0 spiro atoms. The van der Waals surface area contributed by atoms with Crippen molar-refractivity contribution in [1.82, 2.24) is 13.7 Å². The molecule has 158 valence electrons. The van der Waals surface area contributed by atoms with E-state index in [0.29, 0.717) is 24.1 Å². The lowest BCUT2D eigenvalue weighted by Gasteiger charge is -2.27. The molecule has 3 heterocycles. The van der Waals surface area contributed by atoms with Crippen LogP contribution in [-0.4, -0.2) is 25.4 Å². The van der Waals surface area contributed by atoms with Gasteiger partial charge in [0.2, 0.25) is 0 Å². The van der Waals surface area contributed by atoms with Gasteiger partial charge in [-0.25, -0.2) is 4.79 Å². The second-order valence-corrected chi connectivity index (χ2v) is 8.02. The van der Waals surface area contributed by atoms with Gasteiger partial charge in [0.15, 0.2) is 0 Å². The van der Waals surface area contributed by atoms with Crippen LogP contribution in [0.2, 0.25) is 0 Å². The highest BCUT2D eigenvalue weighted by molar-refractivity contribution is 5.96. The van der Waals surface area contributed by atoms with Crippen molar-refractivity contribution in [3.8, 4) is 17.0 Å². The van der Waals surface area contributed by atoms with Crippen LogP contribution in [-0.2, 0) is 25.4 Å². The second kappa shape index (κ2) is 6.99. The lowest BCUT2D eigenvalue weighted by molar-refractivity contribution is 0.0478. The zero-order valence-electron chi connectivity index (χ0n) is 17.6. The van der Waals surface area contributed by atoms with Crippen molar-refractivity contribution in [2.24, 2.45) is 14.1 Å². The van der Waals surface area contributed by atoms with Gasteiger partial charge in [0.1, 0.15) is 11.9 Å². The number of phenols is 1. The average molecular weight is 417 g/mol. The summed E-state index contributed by atoms with van der Waals surface area (Å²) in [6, 6.07) is 14.9. The summed E-state index contributed by atoms with van der Waals surface area (Å²) in [5.74, 6) is 0.168. The van der Waals surface area contributed by atoms with Crippen molar-refractivity contribution >= 4 is 10.9 Å². The summed E-state index contributed by atoms with van der Waals surface area (Å²) in [6.45, 7) is 3.05. The molecule has 0 radical (unpaired) electrons. The van der Waals surface area contributed by atoms with E-state index in [0.717, 1.165) is 32.6 Å². The van der Waals surface area contributed by atoms with E-state index in [4.69, 9.17) is 4.74 Å². The number of hydrogen-bond acceptors (Lipinski definition) is 4. The first-order valence-electron chi connectivity index (χ1n) is 10.2. The van der Waals surface area contributed by atoms with Crippen molar-refractivity contribution < 1.29 is 9.84 Å². The fourth-order valence-electron chi connectivity index (χ4n) is 4.49. The first-order valence-corrected chi connectivity index (χ1v) is 10.2. The van der Waals surface area contributed by atoms with Crippen LogP contribution >= 0.6 is 0 Å². The largest absolute Gasteiger partial charge is 0.508 e. The van der Waals surface area contributed by atoms with Crippen molar-refractivity contribution in [3.05, 3.63) is 86.2 Å². The summed E-state index contributed by atoms with van der Waals surface area (Å²) < 4.78 is 10.9. The normalized spacial score (nSPS) is 15.9. The lowest BCUT2D eigenvalue weighted by Crippen LogP contribution is -2.37. The van der Waals surface area contributed by atoms with Gasteiger partial charge in [-0.3, -0.25) is 13.9 Å². The second-order valence-electron chi connectivity index (χ2n) is 8.02. The molecule has 0 amide bonds. The SMILES string of the molecule is Cc1ccc(-c2c3c(=O)n(C)c(=O)n(C)c3c3n2CCOC3c2ccc(O)cc2)cc1. The molecule has 0 saturated heterocycles. The number of phenolic OH excluding ortho intramolecular Hbond substituents is 1. The van der Waals surface area contributed by atoms with Gasteiger partial charge in [0.25, 0.3) is 5.56 Å². The Balaban J connectivity index is 1.93. The topological polar surface area (TPSA) is 78.4 Å². The van der Waals surface area contributed by atoms with E-state index in [-0.39, 0.29) is 17.0 Å². The van der Waals surface area contributed by atoms with E-state index in [1.54, 1.807) is 31.3 Å². The number of aryl methyl sites for hydroxylation is 2. The van der Waals surface area contributed by atoms with Gasteiger partial charge in [-0.05, 0) is 30.2 Å². The Morgan fingerprint density at radius 1 is 0.968 bits per heavy atom. The zero-order chi connectivity index (χ0) is 21.9. The van der Waals surface area contributed by atoms with Gasteiger partial charge in [-0.1, -0.05) is 42.0 Å². The average Bonchev–Trinajstić information content (AvgIpc) is 3.13. The van der Waals surface area contributed by atoms with Crippen LogP contribution in [0.25, 0.3) is 22.2 Å². The van der Waals surface area contributed by atoms with Crippen LogP contribution in [0, 0.1) is 6.92 Å². The van der Waals surface area contributed by atoms with Gasteiger partial charge in [-0.2, -0.15) is 0 Å². The maximum Gasteiger partial charge on any atom is 0.331 e. The predicted octanol–water partition coefficient (Wildman–Crippen LogP) is 2.84. The number of ether oxygens (including phenoxy) is 1. The molecule has 0 fully saturated rings. The van der Waals surface area contributed by atoms with E-state index in [2.05, 4.69) is 4.57 Å². The Morgan fingerprint density at radius 2 is 1.65 bits per heavy atom. The number of rotatable bonds is 2. The molecule has 1 atom stereocenters. The summed E-state index contributed by atoms with van der Waals surface area (Å²) in [5.41, 5.74) is 4.36. The first-order chi connectivity index (χ1) is 14.9. The third-order valence-corrected chi connectivity index (χ3v) is 6.07. The minimum Gasteiger partial charge on any atom is -0.508 e. The minimum atomic E-state index is -0.464. The molecule has 0 bridgehead atoms. The molecule has 7 heteroatoms. The van der Waals surface area contributed by atoms with E-state index >= 15 is 0 Å². The zero-order valence-corrected chi connectivity index (χ0v) is 17.6. The molecule has 1 N–H and O–H groups in total. The molecule has 2 aromatic heterocycles. The molecule has 31 heavy (non-hydrogen) atoms. The smallest absolute Gasteiger partial charge is 0.331 e. The molecular formula is C24H23N3O4. The van der Waals surface area contributed by atoms with Gasteiger partial charge in [0.05, 0.1) is 28.9 Å². The quantitative estimate of drug-likeness (QED) is 0.544. The molecule has 0 aliphatic carbocycles. The molecule has 1 aliphatic rings. The van der Waals surface area contributed by atoms with E-state index in [9.17, 15) is 14.7 Å². The molecule has 1 unspecified atom stereocenters. The third-order valence-electron chi connectivity index (χ3n) is 6.07. The van der Waals surface area contributed by atoms with Crippen LogP contribution in [0.1, 0.15) is 22.9 Å². The highest BCUT2D eigenvalue weighted by Gasteiger charge is 2.33. The van der Waals surface area contributed by atoms with E-state index < -0.39 is 6.10 Å². The fourth-order valence-corrected chi connectivity index (χ4v) is 4.49. The molecule has 0 saturated carbocycles. The molecular weight excluding hydrogens is 394 g/mol.